The number of nitrogens with zero attached hydrogens (tertiary/aromatic N) is 1. The molecule has 1 aromatic heterocycles. The summed E-state index contributed by atoms with van der Waals surface area (Å²) in [5.41, 5.74) is 3.77. The number of rotatable bonds is 6. The molecule has 0 saturated heterocycles. The summed E-state index contributed by atoms with van der Waals surface area (Å²) in [6.45, 7) is 4.18. The number of aromatic nitrogens is 2. The SMILES string of the molecule is Cc1n[nH]c(C)c1CCC(=O)NCc1ccc(S(N)(=O)=O)cc1. The first-order valence-corrected chi connectivity index (χ1v) is 8.71. The minimum absolute atomic E-state index is 0.0542. The van der Waals surface area contributed by atoms with Gasteiger partial charge < -0.3 is 5.32 Å². The molecule has 4 N–H and O–H groups in total. The van der Waals surface area contributed by atoms with Gasteiger partial charge in [0.2, 0.25) is 15.9 Å². The largest absolute Gasteiger partial charge is 0.352 e. The van der Waals surface area contributed by atoms with E-state index in [2.05, 4.69) is 15.5 Å². The molecular weight excluding hydrogens is 316 g/mol. The molecule has 8 heteroatoms. The van der Waals surface area contributed by atoms with Gasteiger partial charge in [-0.1, -0.05) is 12.1 Å². The molecule has 0 spiro atoms. The number of nitrogens with two attached hydrogens (primary N) is 1. The van der Waals surface area contributed by atoms with Crippen LogP contribution in [0.5, 0.6) is 0 Å². The molecular formula is C15H20N4O3S. The predicted octanol–water partition coefficient (Wildman–Crippen LogP) is 0.923. The van der Waals surface area contributed by atoms with Crippen molar-refractivity contribution in [2.24, 2.45) is 5.14 Å². The van der Waals surface area contributed by atoms with E-state index in [4.69, 9.17) is 5.14 Å². The summed E-state index contributed by atoms with van der Waals surface area (Å²) >= 11 is 0. The minimum atomic E-state index is -3.69. The smallest absolute Gasteiger partial charge is 0.238 e. The molecule has 1 heterocycles. The minimum Gasteiger partial charge on any atom is -0.352 e. The number of carbonyl (C=O) groups excluding carboxylic acids is 1. The second-order valence-electron chi connectivity index (χ2n) is 5.38. The van der Waals surface area contributed by atoms with Crippen molar-refractivity contribution in [2.45, 2.75) is 38.1 Å². The first-order valence-electron chi connectivity index (χ1n) is 7.16. The van der Waals surface area contributed by atoms with Gasteiger partial charge in [0.1, 0.15) is 0 Å². The number of nitrogens with one attached hydrogen (secondary N) is 2. The van der Waals surface area contributed by atoms with E-state index >= 15 is 0 Å². The van der Waals surface area contributed by atoms with E-state index in [1.807, 2.05) is 13.8 Å². The van der Waals surface area contributed by atoms with Crippen LogP contribution in [0.1, 0.15) is 28.9 Å². The van der Waals surface area contributed by atoms with Gasteiger partial charge in [0.25, 0.3) is 0 Å². The van der Waals surface area contributed by atoms with Gasteiger partial charge in [-0.2, -0.15) is 5.10 Å². The lowest BCUT2D eigenvalue weighted by Crippen LogP contribution is -2.23. The number of primary sulfonamides is 1. The monoisotopic (exact) mass is 336 g/mol. The average molecular weight is 336 g/mol. The Morgan fingerprint density at radius 2 is 1.91 bits per heavy atom. The molecule has 0 saturated carbocycles. The van der Waals surface area contributed by atoms with Crippen molar-refractivity contribution in [3.8, 4) is 0 Å². The first-order chi connectivity index (χ1) is 10.8. The van der Waals surface area contributed by atoms with Crippen LogP contribution in [0.3, 0.4) is 0 Å². The summed E-state index contributed by atoms with van der Waals surface area (Å²) in [4.78, 5) is 12.0. The third-order valence-electron chi connectivity index (χ3n) is 3.62. The fourth-order valence-electron chi connectivity index (χ4n) is 2.27. The van der Waals surface area contributed by atoms with Crippen molar-refractivity contribution in [1.82, 2.24) is 15.5 Å². The molecule has 7 nitrogen and oxygen atoms in total. The molecule has 0 radical (unpaired) electrons. The van der Waals surface area contributed by atoms with E-state index in [-0.39, 0.29) is 10.8 Å². The van der Waals surface area contributed by atoms with Crippen molar-refractivity contribution in [1.29, 1.82) is 0 Å². The van der Waals surface area contributed by atoms with Crippen molar-refractivity contribution >= 4 is 15.9 Å². The van der Waals surface area contributed by atoms with Gasteiger partial charge in [-0.15, -0.1) is 0 Å². The lowest BCUT2D eigenvalue weighted by molar-refractivity contribution is -0.121. The zero-order valence-electron chi connectivity index (χ0n) is 13.1. The van der Waals surface area contributed by atoms with Crippen LogP contribution in [0, 0.1) is 13.8 Å². The molecule has 0 aliphatic carbocycles. The standard InChI is InChI=1S/C15H20N4O3S/c1-10-14(11(2)19-18-10)7-8-15(20)17-9-12-3-5-13(6-4-12)23(16,21)22/h3-6H,7-9H2,1-2H3,(H,17,20)(H,18,19)(H2,16,21,22). The molecule has 0 unspecified atom stereocenters. The van der Waals surface area contributed by atoms with E-state index in [9.17, 15) is 13.2 Å². The van der Waals surface area contributed by atoms with E-state index in [0.29, 0.717) is 19.4 Å². The van der Waals surface area contributed by atoms with Gasteiger partial charge in [0.15, 0.2) is 0 Å². The van der Waals surface area contributed by atoms with Crippen LogP contribution in [0.4, 0.5) is 0 Å². The zero-order chi connectivity index (χ0) is 17.0. The molecule has 1 aromatic carbocycles. The first kappa shape index (κ1) is 17.2. The Bertz CT molecular complexity index is 775. The quantitative estimate of drug-likeness (QED) is 0.727. The Hall–Kier alpha value is -2.19. The third kappa shape index (κ3) is 4.64. The van der Waals surface area contributed by atoms with Gasteiger partial charge in [0.05, 0.1) is 10.6 Å². The Labute approximate surface area is 135 Å². The molecule has 0 aliphatic rings. The maximum atomic E-state index is 11.9. The Kier molecular flexibility index (Phi) is 5.17. The molecule has 1 amide bonds. The summed E-state index contributed by atoms with van der Waals surface area (Å²) in [5.74, 6) is -0.0690. The van der Waals surface area contributed by atoms with Gasteiger partial charge in [-0.25, -0.2) is 13.6 Å². The molecule has 2 aromatic rings. The van der Waals surface area contributed by atoms with Crippen molar-refractivity contribution in [3.63, 3.8) is 0 Å². The van der Waals surface area contributed by atoms with Gasteiger partial charge in [0, 0.05) is 18.7 Å². The lowest BCUT2D eigenvalue weighted by Gasteiger charge is -2.06. The second-order valence-corrected chi connectivity index (χ2v) is 6.94. The van der Waals surface area contributed by atoms with Gasteiger partial charge >= 0.3 is 0 Å². The van der Waals surface area contributed by atoms with E-state index in [1.54, 1.807) is 12.1 Å². The Balaban J connectivity index is 1.85. The molecule has 0 atom stereocenters. The topological polar surface area (TPSA) is 118 Å². The van der Waals surface area contributed by atoms with Gasteiger partial charge in [-0.05, 0) is 43.5 Å². The van der Waals surface area contributed by atoms with Crippen LogP contribution in [0.25, 0.3) is 0 Å². The number of H-pyrrole nitrogens is 1. The van der Waals surface area contributed by atoms with Crippen molar-refractivity contribution in [2.75, 3.05) is 0 Å². The van der Waals surface area contributed by atoms with Crippen LogP contribution in [0.15, 0.2) is 29.2 Å². The number of aryl methyl sites for hydroxylation is 2. The van der Waals surface area contributed by atoms with Crippen molar-refractivity contribution in [3.05, 3.63) is 46.8 Å². The second kappa shape index (κ2) is 6.93. The van der Waals surface area contributed by atoms with Crippen LogP contribution in [-0.2, 0) is 27.8 Å². The van der Waals surface area contributed by atoms with E-state index in [1.165, 1.54) is 12.1 Å². The van der Waals surface area contributed by atoms with Gasteiger partial charge in [-0.3, -0.25) is 9.89 Å². The van der Waals surface area contributed by atoms with E-state index < -0.39 is 10.0 Å². The number of benzene rings is 1. The summed E-state index contributed by atoms with van der Waals surface area (Å²) in [6.07, 6.45) is 1.00. The fourth-order valence-corrected chi connectivity index (χ4v) is 2.78. The molecule has 2 rings (SSSR count). The maximum Gasteiger partial charge on any atom is 0.238 e. The normalized spacial score (nSPS) is 11.4. The third-order valence-corrected chi connectivity index (χ3v) is 4.55. The zero-order valence-corrected chi connectivity index (χ0v) is 13.9. The summed E-state index contributed by atoms with van der Waals surface area (Å²) in [6, 6.07) is 6.11. The summed E-state index contributed by atoms with van der Waals surface area (Å²) in [7, 11) is -3.69. The summed E-state index contributed by atoms with van der Waals surface area (Å²) < 4.78 is 22.3. The molecule has 0 aliphatic heterocycles. The number of hydrogen-bond acceptors (Lipinski definition) is 4. The maximum absolute atomic E-state index is 11.9. The predicted molar refractivity (Wildman–Crippen MR) is 86.0 cm³/mol. The number of sulfonamides is 1. The molecule has 0 fully saturated rings. The number of amides is 1. The van der Waals surface area contributed by atoms with Crippen molar-refractivity contribution < 1.29 is 13.2 Å². The average Bonchev–Trinajstić information content (AvgIpc) is 2.81. The summed E-state index contributed by atoms with van der Waals surface area (Å²) in [5, 5.41) is 14.8. The highest BCUT2D eigenvalue weighted by Gasteiger charge is 2.10. The van der Waals surface area contributed by atoms with Crippen LogP contribution < -0.4 is 10.5 Å². The van der Waals surface area contributed by atoms with Crippen LogP contribution in [0.2, 0.25) is 0 Å². The molecule has 124 valence electrons. The molecule has 23 heavy (non-hydrogen) atoms. The number of aromatic amines is 1. The van der Waals surface area contributed by atoms with E-state index in [0.717, 1.165) is 22.5 Å². The number of carbonyl (C=O) groups is 1. The highest BCUT2D eigenvalue weighted by atomic mass is 32.2. The van der Waals surface area contributed by atoms with Crippen LogP contribution in [-0.4, -0.2) is 24.5 Å². The Morgan fingerprint density at radius 3 is 2.43 bits per heavy atom. The highest BCUT2D eigenvalue weighted by Crippen LogP contribution is 2.12. The van der Waals surface area contributed by atoms with Crippen LogP contribution >= 0.6 is 0 Å². The Morgan fingerprint density at radius 1 is 1.26 bits per heavy atom. The molecule has 0 bridgehead atoms. The number of hydrogen-bond donors (Lipinski definition) is 3. The highest BCUT2D eigenvalue weighted by molar-refractivity contribution is 7.89. The fraction of sp³-hybridized carbons (Fsp3) is 0.333. The lowest BCUT2D eigenvalue weighted by atomic mass is 10.1.